The van der Waals surface area contributed by atoms with Crippen LogP contribution in [0.25, 0.3) is 4.85 Å². The smallest absolute Gasteiger partial charge is 0.229 e. The fraction of sp³-hybridized carbons (Fsp3) is 0.222. The predicted molar refractivity (Wildman–Crippen MR) is 52.9 cm³/mol. The summed E-state index contributed by atoms with van der Waals surface area (Å²) in [4.78, 5) is 3.29. The van der Waals surface area contributed by atoms with Gasteiger partial charge in [-0.25, -0.2) is 4.85 Å². The standard InChI is InChI=1S/C9H8BrNO2/c1-11-8-4-7(10)6(5-12)3-9(8)13-2/h3-4,12H,5H2,2H3. The molecule has 0 spiro atoms. The highest BCUT2D eigenvalue weighted by Crippen LogP contribution is 2.33. The maximum absolute atomic E-state index is 8.94. The molecule has 1 aromatic carbocycles. The van der Waals surface area contributed by atoms with Crippen LogP contribution < -0.4 is 4.74 Å². The molecule has 0 aromatic heterocycles. The molecule has 0 amide bonds. The van der Waals surface area contributed by atoms with Crippen molar-refractivity contribution in [1.29, 1.82) is 0 Å². The molecule has 0 aliphatic carbocycles. The van der Waals surface area contributed by atoms with Crippen molar-refractivity contribution in [2.75, 3.05) is 7.11 Å². The molecule has 0 saturated heterocycles. The van der Waals surface area contributed by atoms with E-state index in [4.69, 9.17) is 16.4 Å². The summed E-state index contributed by atoms with van der Waals surface area (Å²) in [7, 11) is 1.50. The minimum absolute atomic E-state index is 0.0742. The highest BCUT2D eigenvalue weighted by Gasteiger charge is 2.07. The third-order valence-electron chi connectivity index (χ3n) is 1.64. The summed E-state index contributed by atoms with van der Waals surface area (Å²) in [6.07, 6.45) is 0. The molecule has 0 aliphatic rings. The van der Waals surface area contributed by atoms with Crippen LogP contribution in [-0.4, -0.2) is 12.2 Å². The van der Waals surface area contributed by atoms with Gasteiger partial charge in [0.05, 0.1) is 20.3 Å². The van der Waals surface area contributed by atoms with Crippen LogP contribution in [0.4, 0.5) is 5.69 Å². The van der Waals surface area contributed by atoms with E-state index in [2.05, 4.69) is 20.8 Å². The van der Waals surface area contributed by atoms with Crippen LogP contribution in [-0.2, 0) is 6.61 Å². The summed E-state index contributed by atoms with van der Waals surface area (Å²) in [5.41, 5.74) is 1.15. The van der Waals surface area contributed by atoms with Gasteiger partial charge in [-0.2, -0.15) is 0 Å². The zero-order chi connectivity index (χ0) is 9.84. The van der Waals surface area contributed by atoms with Gasteiger partial charge in [-0.1, -0.05) is 15.9 Å². The molecule has 0 fully saturated rings. The van der Waals surface area contributed by atoms with E-state index >= 15 is 0 Å². The summed E-state index contributed by atoms with van der Waals surface area (Å²) in [5, 5.41) is 8.94. The number of hydrogen-bond acceptors (Lipinski definition) is 2. The number of methoxy groups -OCH3 is 1. The molecular formula is C9H8BrNO2. The Labute approximate surface area is 84.9 Å². The van der Waals surface area contributed by atoms with E-state index < -0.39 is 0 Å². The van der Waals surface area contributed by atoms with Crippen LogP contribution in [0.15, 0.2) is 16.6 Å². The van der Waals surface area contributed by atoms with Gasteiger partial charge >= 0.3 is 0 Å². The monoisotopic (exact) mass is 241 g/mol. The van der Waals surface area contributed by atoms with Gasteiger partial charge in [0.2, 0.25) is 5.69 Å². The first-order valence-corrected chi connectivity index (χ1v) is 4.37. The summed E-state index contributed by atoms with van der Waals surface area (Å²) in [6.45, 7) is 6.80. The molecule has 0 saturated carbocycles. The van der Waals surface area contributed by atoms with E-state index in [1.54, 1.807) is 12.1 Å². The highest BCUT2D eigenvalue weighted by atomic mass is 79.9. The van der Waals surface area contributed by atoms with E-state index in [0.29, 0.717) is 17.0 Å². The van der Waals surface area contributed by atoms with Gasteiger partial charge in [0.15, 0.2) is 0 Å². The molecule has 1 aromatic rings. The van der Waals surface area contributed by atoms with Gasteiger partial charge in [-0.05, 0) is 17.7 Å². The van der Waals surface area contributed by atoms with Crippen molar-refractivity contribution in [3.63, 3.8) is 0 Å². The maximum Gasteiger partial charge on any atom is 0.229 e. The van der Waals surface area contributed by atoms with Gasteiger partial charge in [0.25, 0.3) is 0 Å². The SMILES string of the molecule is [C-]#[N+]c1cc(Br)c(CO)cc1OC. The third kappa shape index (κ3) is 2.00. The number of aliphatic hydroxyl groups excluding tert-OH is 1. The zero-order valence-corrected chi connectivity index (χ0v) is 8.63. The molecule has 0 unspecified atom stereocenters. The van der Waals surface area contributed by atoms with Crippen molar-refractivity contribution in [2.45, 2.75) is 6.61 Å². The lowest BCUT2D eigenvalue weighted by Gasteiger charge is -2.06. The van der Waals surface area contributed by atoms with Crippen molar-refractivity contribution < 1.29 is 9.84 Å². The Morgan fingerprint density at radius 2 is 2.31 bits per heavy atom. The Balaban J connectivity index is 3.28. The summed E-state index contributed by atoms with van der Waals surface area (Å²) in [5.74, 6) is 0.488. The topological polar surface area (TPSA) is 33.8 Å². The highest BCUT2D eigenvalue weighted by molar-refractivity contribution is 9.10. The Morgan fingerprint density at radius 1 is 1.62 bits per heavy atom. The van der Waals surface area contributed by atoms with E-state index in [-0.39, 0.29) is 6.61 Å². The first-order valence-electron chi connectivity index (χ1n) is 3.57. The molecule has 1 N–H and O–H groups in total. The Bertz CT molecular complexity index is 357. The van der Waals surface area contributed by atoms with E-state index in [9.17, 15) is 0 Å². The second-order valence-electron chi connectivity index (χ2n) is 2.39. The van der Waals surface area contributed by atoms with Crippen molar-refractivity contribution in [3.8, 4) is 5.75 Å². The van der Waals surface area contributed by atoms with Crippen LogP contribution in [0.2, 0.25) is 0 Å². The molecule has 13 heavy (non-hydrogen) atoms. The van der Waals surface area contributed by atoms with Crippen LogP contribution in [0, 0.1) is 6.57 Å². The van der Waals surface area contributed by atoms with Crippen molar-refractivity contribution in [3.05, 3.63) is 33.6 Å². The Hall–Kier alpha value is -1.05. The fourth-order valence-electron chi connectivity index (χ4n) is 0.957. The lowest BCUT2D eigenvalue weighted by molar-refractivity contribution is 0.280. The van der Waals surface area contributed by atoms with Crippen molar-refractivity contribution in [2.24, 2.45) is 0 Å². The molecule has 0 radical (unpaired) electrons. The first-order chi connectivity index (χ1) is 6.22. The number of aliphatic hydroxyl groups is 1. The van der Waals surface area contributed by atoms with Gasteiger partial charge < -0.3 is 9.84 Å². The number of ether oxygens (including phenoxy) is 1. The average Bonchev–Trinajstić information content (AvgIpc) is 2.17. The normalized spacial score (nSPS) is 9.38. The van der Waals surface area contributed by atoms with Gasteiger partial charge in [-0.3, -0.25) is 0 Å². The largest absolute Gasteiger partial charge is 0.508 e. The summed E-state index contributed by atoms with van der Waals surface area (Å²) < 4.78 is 5.71. The van der Waals surface area contributed by atoms with Crippen LogP contribution in [0.5, 0.6) is 5.75 Å². The minimum Gasteiger partial charge on any atom is -0.508 e. The van der Waals surface area contributed by atoms with Crippen LogP contribution in [0.1, 0.15) is 5.56 Å². The van der Waals surface area contributed by atoms with E-state index in [1.165, 1.54) is 7.11 Å². The molecule has 3 nitrogen and oxygen atoms in total. The molecule has 1 rings (SSSR count). The number of rotatable bonds is 2. The number of benzene rings is 1. The van der Waals surface area contributed by atoms with Crippen LogP contribution in [0.3, 0.4) is 0 Å². The van der Waals surface area contributed by atoms with E-state index in [0.717, 1.165) is 4.47 Å². The fourth-order valence-corrected chi connectivity index (χ4v) is 1.41. The second kappa shape index (κ2) is 4.26. The van der Waals surface area contributed by atoms with Gasteiger partial charge in [-0.15, -0.1) is 0 Å². The predicted octanol–water partition coefficient (Wildman–Crippen LogP) is 2.50. The summed E-state index contributed by atoms with van der Waals surface area (Å²) >= 11 is 3.25. The summed E-state index contributed by atoms with van der Waals surface area (Å²) in [6, 6.07) is 3.29. The van der Waals surface area contributed by atoms with Crippen molar-refractivity contribution >= 4 is 21.6 Å². The molecule has 0 atom stereocenters. The average molecular weight is 242 g/mol. The second-order valence-corrected chi connectivity index (χ2v) is 3.24. The third-order valence-corrected chi connectivity index (χ3v) is 2.38. The number of nitrogens with zero attached hydrogens (tertiary/aromatic N) is 1. The maximum atomic E-state index is 8.94. The molecule has 0 heterocycles. The molecular weight excluding hydrogens is 234 g/mol. The number of halogens is 1. The quantitative estimate of drug-likeness (QED) is 0.808. The van der Waals surface area contributed by atoms with Gasteiger partial charge in [0, 0.05) is 4.47 Å². The number of hydrogen-bond donors (Lipinski definition) is 1. The molecule has 0 aliphatic heterocycles. The first kappa shape index (κ1) is 10.0. The molecule has 4 heteroatoms. The van der Waals surface area contributed by atoms with Crippen LogP contribution >= 0.6 is 15.9 Å². The molecule has 0 bridgehead atoms. The Kier molecular flexibility index (Phi) is 3.29. The lowest BCUT2D eigenvalue weighted by Crippen LogP contribution is -1.89. The zero-order valence-electron chi connectivity index (χ0n) is 7.04. The Morgan fingerprint density at radius 3 is 2.77 bits per heavy atom. The lowest BCUT2D eigenvalue weighted by atomic mass is 10.2. The van der Waals surface area contributed by atoms with Gasteiger partial charge in [0.1, 0.15) is 5.75 Å². The molecule has 68 valence electrons. The minimum atomic E-state index is -0.0742. The van der Waals surface area contributed by atoms with Crippen molar-refractivity contribution in [1.82, 2.24) is 0 Å². The van der Waals surface area contributed by atoms with E-state index in [1.807, 2.05) is 0 Å².